The summed E-state index contributed by atoms with van der Waals surface area (Å²) in [6.07, 6.45) is 45.1. The zero-order valence-corrected chi connectivity index (χ0v) is 39.7. The molecule has 0 aliphatic carbocycles. The van der Waals surface area contributed by atoms with Gasteiger partial charge in [0.15, 0.2) is 6.10 Å². The lowest BCUT2D eigenvalue weighted by atomic mass is 9.99. The van der Waals surface area contributed by atoms with Crippen molar-refractivity contribution in [3.05, 3.63) is 0 Å². The van der Waals surface area contributed by atoms with Gasteiger partial charge >= 0.3 is 17.9 Å². The number of hydrogen-bond acceptors (Lipinski definition) is 6. The van der Waals surface area contributed by atoms with E-state index in [-0.39, 0.29) is 31.1 Å². The maximum Gasteiger partial charge on any atom is 0.306 e. The summed E-state index contributed by atoms with van der Waals surface area (Å²) in [5.41, 5.74) is 0. The largest absolute Gasteiger partial charge is 0.462 e. The van der Waals surface area contributed by atoms with E-state index in [0.717, 1.165) is 69.6 Å². The van der Waals surface area contributed by atoms with Crippen LogP contribution in [0.15, 0.2) is 0 Å². The minimum absolute atomic E-state index is 0.0641. The lowest BCUT2D eigenvalue weighted by molar-refractivity contribution is -0.167. The highest BCUT2D eigenvalue weighted by Crippen LogP contribution is 2.18. The van der Waals surface area contributed by atoms with Crippen LogP contribution in [-0.2, 0) is 28.6 Å². The first-order valence-electron chi connectivity index (χ1n) is 25.8. The summed E-state index contributed by atoms with van der Waals surface area (Å²) in [4.78, 5) is 37.9. The molecule has 0 aliphatic heterocycles. The van der Waals surface area contributed by atoms with Crippen LogP contribution in [0.2, 0.25) is 0 Å². The van der Waals surface area contributed by atoms with E-state index in [1.807, 2.05) is 0 Å². The third-order valence-electron chi connectivity index (χ3n) is 12.1. The summed E-state index contributed by atoms with van der Waals surface area (Å²) in [5, 5.41) is 0. The Morgan fingerprint density at radius 3 is 0.983 bits per heavy atom. The van der Waals surface area contributed by atoms with Crippen molar-refractivity contribution in [1.82, 2.24) is 0 Å². The van der Waals surface area contributed by atoms with Gasteiger partial charge in [0.05, 0.1) is 0 Å². The van der Waals surface area contributed by atoms with Crippen molar-refractivity contribution in [2.45, 2.75) is 291 Å². The highest BCUT2D eigenvalue weighted by Gasteiger charge is 2.19. The number of unbranched alkanes of at least 4 members (excludes halogenated alkanes) is 30. The highest BCUT2D eigenvalue weighted by atomic mass is 16.6. The Kier molecular flexibility index (Phi) is 43.7. The summed E-state index contributed by atoms with van der Waals surface area (Å²) in [5.74, 6) is 0.813. The molecule has 2 atom stereocenters. The van der Waals surface area contributed by atoms with E-state index in [1.165, 1.54) is 173 Å². The number of esters is 3. The molecule has 58 heavy (non-hydrogen) atoms. The number of carbonyl (C=O) groups excluding carboxylic acids is 3. The van der Waals surface area contributed by atoms with E-state index in [0.29, 0.717) is 19.3 Å². The van der Waals surface area contributed by atoms with Gasteiger partial charge in [-0.3, -0.25) is 14.4 Å². The molecule has 0 aromatic rings. The van der Waals surface area contributed by atoms with E-state index in [4.69, 9.17) is 14.2 Å². The molecule has 0 heterocycles. The minimum Gasteiger partial charge on any atom is -0.462 e. The van der Waals surface area contributed by atoms with Gasteiger partial charge in [0, 0.05) is 19.3 Å². The molecule has 0 rings (SSSR count). The Morgan fingerprint density at radius 2 is 0.655 bits per heavy atom. The van der Waals surface area contributed by atoms with Gasteiger partial charge < -0.3 is 14.2 Å². The van der Waals surface area contributed by atoms with Crippen LogP contribution in [0.3, 0.4) is 0 Å². The molecule has 0 N–H and O–H groups in total. The number of carbonyl (C=O) groups is 3. The Hall–Kier alpha value is -1.59. The van der Waals surface area contributed by atoms with Gasteiger partial charge in [0.25, 0.3) is 0 Å². The molecule has 6 nitrogen and oxygen atoms in total. The molecule has 6 heteroatoms. The minimum atomic E-state index is -0.762. The van der Waals surface area contributed by atoms with Crippen molar-refractivity contribution in [3.63, 3.8) is 0 Å². The summed E-state index contributed by atoms with van der Waals surface area (Å²) in [6, 6.07) is 0. The molecule has 0 saturated carbocycles. The molecule has 0 spiro atoms. The molecule has 0 aromatic carbocycles. The zero-order chi connectivity index (χ0) is 42.6. The molecule has 0 amide bonds. The molecular weight excluding hydrogens is 721 g/mol. The molecule has 344 valence electrons. The second-order valence-electron chi connectivity index (χ2n) is 18.5. The van der Waals surface area contributed by atoms with Crippen molar-refractivity contribution < 1.29 is 28.6 Å². The Morgan fingerprint density at radius 1 is 0.362 bits per heavy atom. The molecule has 0 radical (unpaired) electrons. The van der Waals surface area contributed by atoms with Gasteiger partial charge in [-0.15, -0.1) is 0 Å². The van der Waals surface area contributed by atoms with Gasteiger partial charge in [-0.1, -0.05) is 247 Å². The van der Waals surface area contributed by atoms with Crippen molar-refractivity contribution in [3.8, 4) is 0 Å². The average Bonchev–Trinajstić information content (AvgIpc) is 3.21. The van der Waals surface area contributed by atoms with Crippen molar-refractivity contribution in [1.29, 1.82) is 0 Å². The first-order chi connectivity index (χ1) is 28.3. The van der Waals surface area contributed by atoms with Crippen LogP contribution in [0.4, 0.5) is 0 Å². The summed E-state index contributed by atoms with van der Waals surface area (Å²) >= 11 is 0. The van der Waals surface area contributed by atoms with Gasteiger partial charge in [-0.2, -0.15) is 0 Å². The van der Waals surface area contributed by atoms with Gasteiger partial charge in [-0.25, -0.2) is 0 Å². The highest BCUT2D eigenvalue weighted by molar-refractivity contribution is 5.71. The number of rotatable bonds is 46. The quantitative estimate of drug-likeness (QED) is 0.0346. The molecular formula is C52H100O6. The fraction of sp³-hybridized carbons (Fsp3) is 0.942. The fourth-order valence-corrected chi connectivity index (χ4v) is 7.78. The molecule has 0 bridgehead atoms. The predicted molar refractivity (Wildman–Crippen MR) is 247 cm³/mol. The topological polar surface area (TPSA) is 78.9 Å². The van der Waals surface area contributed by atoms with E-state index >= 15 is 0 Å². The monoisotopic (exact) mass is 821 g/mol. The Labute approximate surface area is 361 Å². The standard InChI is InChI=1S/C52H100O6/c1-6-8-9-10-11-12-13-14-15-16-17-21-27-32-37-42-50(53)56-45-49(58-52(55)44-39-34-29-24-23-26-31-36-41-48(5)7-2)46-57-51(54)43-38-33-28-22-19-18-20-25-30-35-40-47(3)4/h47-49H,6-46H2,1-5H3/t48?,49-/m1/s1. The van der Waals surface area contributed by atoms with Crippen molar-refractivity contribution >= 4 is 17.9 Å². The van der Waals surface area contributed by atoms with Crippen LogP contribution in [0, 0.1) is 11.8 Å². The third-order valence-corrected chi connectivity index (χ3v) is 12.1. The van der Waals surface area contributed by atoms with E-state index in [1.54, 1.807) is 0 Å². The Balaban J connectivity index is 4.32. The van der Waals surface area contributed by atoms with Gasteiger partial charge in [0.2, 0.25) is 0 Å². The fourth-order valence-electron chi connectivity index (χ4n) is 7.78. The van der Waals surface area contributed by atoms with E-state index in [2.05, 4.69) is 34.6 Å². The number of ether oxygens (including phenoxy) is 3. The van der Waals surface area contributed by atoms with Crippen molar-refractivity contribution in [2.24, 2.45) is 11.8 Å². The van der Waals surface area contributed by atoms with Crippen molar-refractivity contribution in [2.75, 3.05) is 13.2 Å². The Bertz CT molecular complexity index is 887. The van der Waals surface area contributed by atoms with E-state index in [9.17, 15) is 14.4 Å². The average molecular weight is 821 g/mol. The SMILES string of the molecule is CCCCCCCCCCCCCCCCCC(=O)OC[C@H](COC(=O)CCCCCCCCCCCCC(C)C)OC(=O)CCCCCCCCCCC(C)CC. The van der Waals surface area contributed by atoms with Crippen LogP contribution in [0.5, 0.6) is 0 Å². The van der Waals surface area contributed by atoms with Crippen LogP contribution in [0.25, 0.3) is 0 Å². The van der Waals surface area contributed by atoms with Gasteiger partial charge in [-0.05, 0) is 31.1 Å². The maximum atomic E-state index is 12.8. The predicted octanol–water partition coefficient (Wildman–Crippen LogP) is 16.5. The lowest BCUT2D eigenvalue weighted by Crippen LogP contribution is -2.30. The summed E-state index contributed by atoms with van der Waals surface area (Å²) in [6.45, 7) is 11.4. The smallest absolute Gasteiger partial charge is 0.306 e. The summed E-state index contributed by atoms with van der Waals surface area (Å²) < 4.78 is 16.8. The molecule has 0 saturated heterocycles. The number of hydrogen-bond donors (Lipinski definition) is 0. The first-order valence-corrected chi connectivity index (χ1v) is 25.8. The van der Waals surface area contributed by atoms with Crippen LogP contribution in [-0.4, -0.2) is 37.2 Å². The van der Waals surface area contributed by atoms with Crippen LogP contribution >= 0.6 is 0 Å². The second-order valence-corrected chi connectivity index (χ2v) is 18.5. The lowest BCUT2D eigenvalue weighted by Gasteiger charge is -2.18. The maximum absolute atomic E-state index is 12.8. The van der Waals surface area contributed by atoms with E-state index < -0.39 is 6.10 Å². The van der Waals surface area contributed by atoms with Crippen LogP contribution in [0.1, 0.15) is 285 Å². The normalized spacial score (nSPS) is 12.5. The molecule has 0 aromatic heterocycles. The van der Waals surface area contributed by atoms with Crippen LogP contribution < -0.4 is 0 Å². The molecule has 0 aliphatic rings. The zero-order valence-electron chi connectivity index (χ0n) is 39.7. The van der Waals surface area contributed by atoms with Gasteiger partial charge in [0.1, 0.15) is 13.2 Å². The first kappa shape index (κ1) is 56.4. The third kappa shape index (κ3) is 44.0. The second kappa shape index (κ2) is 44.9. The summed E-state index contributed by atoms with van der Waals surface area (Å²) in [7, 11) is 0. The molecule has 0 fully saturated rings. The molecule has 1 unspecified atom stereocenters.